The summed E-state index contributed by atoms with van der Waals surface area (Å²) in [5.41, 5.74) is 1.86. The molecule has 1 fully saturated rings. The number of rotatable bonds is 4. The fourth-order valence-corrected chi connectivity index (χ4v) is 3.32. The summed E-state index contributed by atoms with van der Waals surface area (Å²) in [5.74, 6) is 1.34. The third-order valence-corrected chi connectivity index (χ3v) is 4.47. The van der Waals surface area contributed by atoms with Crippen molar-refractivity contribution in [3.8, 4) is 11.5 Å². The zero-order chi connectivity index (χ0) is 16.4. The van der Waals surface area contributed by atoms with Gasteiger partial charge < -0.3 is 19.7 Å². The van der Waals surface area contributed by atoms with E-state index < -0.39 is 0 Å². The van der Waals surface area contributed by atoms with Crippen LogP contribution in [-0.2, 0) is 4.79 Å². The van der Waals surface area contributed by atoms with Gasteiger partial charge in [-0.3, -0.25) is 4.79 Å². The molecule has 5 nitrogen and oxygen atoms in total. The number of carbonyl (C=O) groups excluding carboxylic acids is 1. The number of nitrogens with one attached hydrogen (secondary N) is 1. The normalized spacial score (nSPS) is 18.3. The highest BCUT2D eigenvalue weighted by Gasteiger charge is 2.31. The molecule has 124 valence electrons. The molecule has 4 rings (SSSR count). The molecule has 1 atom stereocenters. The van der Waals surface area contributed by atoms with Gasteiger partial charge in [-0.1, -0.05) is 18.2 Å². The van der Waals surface area contributed by atoms with Crippen LogP contribution in [0.25, 0.3) is 0 Å². The van der Waals surface area contributed by atoms with E-state index in [1.807, 2.05) is 48.5 Å². The van der Waals surface area contributed by atoms with E-state index in [0.717, 1.165) is 30.3 Å². The molecule has 2 aliphatic heterocycles. The number of amides is 1. The van der Waals surface area contributed by atoms with Crippen LogP contribution in [0, 0.1) is 0 Å². The predicted molar refractivity (Wildman–Crippen MR) is 92.9 cm³/mol. The van der Waals surface area contributed by atoms with Gasteiger partial charge in [0.25, 0.3) is 5.91 Å². The molecule has 0 aromatic heterocycles. The summed E-state index contributed by atoms with van der Waals surface area (Å²) in [4.78, 5) is 14.5. The lowest BCUT2D eigenvalue weighted by molar-refractivity contribution is -0.118. The van der Waals surface area contributed by atoms with Gasteiger partial charge in [0.1, 0.15) is 18.1 Å². The van der Waals surface area contributed by atoms with Crippen LogP contribution in [-0.4, -0.2) is 31.7 Å². The smallest absolute Gasteiger partial charge is 0.262 e. The largest absolute Gasteiger partial charge is 0.489 e. The first-order valence-electron chi connectivity index (χ1n) is 8.31. The summed E-state index contributed by atoms with van der Waals surface area (Å²) < 4.78 is 11.3. The van der Waals surface area contributed by atoms with Crippen LogP contribution >= 0.6 is 0 Å². The van der Waals surface area contributed by atoms with Gasteiger partial charge in [0.2, 0.25) is 0 Å². The zero-order valence-electron chi connectivity index (χ0n) is 13.4. The molecule has 2 aromatic rings. The topological polar surface area (TPSA) is 50.8 Å². The van der Waals surface area contributed by atoms with Gasteiger partial charge in [-0.25, -0.2) is 0 Å². The van der Waals surface area contributed by atoms with Gasteiger partial charge in [0, 0.05) is 18.3 Å². The average Bonchev–Trinajstić information content (AvgIpc) is 3.10. The van der Waals surface area contributed by atoms with Crippen LogP contribution in [0.3, 0.4) is 0 Å². The third kappa shape index (κ3) is 3.02. The predicted octanol–water partition coefficient (Wildman–Crippen LogP) is 3.07. The monoisotopic (exact) mass is 324 g/mol. The molecule has 0 spiro atoms. The van der Waals surface area contributed by atoms with Crippen molar-refractivity contribution in [3.05, 3.63) is 48.5 Å². The maximum atomic E-state index is 12.0. The minimum absolute atomic E-state index is 0.0177. The van der Waals surface area contributed by atoms with Crippen molar-refractivity contribution in [1.29, 1.82) is 0 Å². The van der Waals surface area contributed by atoms with E-state index >= 15 is 0 Å². The highest BCUT2D eigenvalue weighted by atomic mass is 16.5. The first-order valence-corrected chi connectivity index (χ1v) is 8.31. The van der Waals surface area contributed by atoms with Gasteiger partial charge in [0.05, 0.1) is 11.7 Å². The molecule has 5 heteroatoms. The SMILES string of the molecule is O=C(COc1ccccc1)Nc1ccc2c(c1)OCC1CCCN21. The quantitative estimate of drug-likeness (QED) is 0.939. The van der Waals surface area contributed by atoms with Crippen LogP contribution in [0.1, 0.15) is 12.8 Å². The lowest BCUT2D eigenvalue weighted by Crippen LogP contribution is -2.38. The number of hydrogen-bond acceptors (Lipinski definition) is 4. The first-order chi connectivity index (χ1) is 11.8. The Kier molecular flexibility index (Phi) is 3.99. The number of benzene rings is 2. The summed E-state index contributed by atoms with van der Waals surface area (Å²) in [6.07, 6.45) is 2.40. The van der Waals surface area contributed by atoms with Crippen molar-refractivity contribution >= 4 is 17.3 Å². The molecule has 2 aromatic carbocycles. The van der Waals surface area contributed by atoms with Crippen molar-refractivity contribution in [2.75, 3.05) is 30.0 Å². The highest BCUT2D eigenvalue weighted by Crippen LogP contribution is 2.39. The van der Waals surface area contributed by atoms with E-state index in [4.69, 9.17) is 9.47 Å². The Hall–Kier alpha value is -2.69. The number of ether oxygens (including phenoxy) is 2. The van der Waals surface area contributed by atoms with Crippen LogP contribution in [0.15, 0.2) is 48.5 Å². The van der Waals surface area contributed by atoms with Gasteiger partial charge in [-0.15, -0.1) is 0 Å². The second-order valence-electron chi connectivity index (χ2n) is 6.13. The summed E-state index contributed by atoms with van der Waals surface area (Å²) in [6.45, 7) is 1.79. The molecule has 1 unspecified atom stereocenters. The third-order valence-electron chi connectivity index (χ3n) is 4.47. The molecule has 0 aliphatic carbocycles. The van der Waals surface area contributed by atoms with Crippen molar-refractivity contribution in [3.63, 3.8) is 0 Å². The van der Waals surface area contributed by atoms with Crippen LogP contribution in [0.4, 0.5) is 11.4 Å². The summed E-state index contributed by atoms with van der Waals surface area (Å²) in [5, 5.41) is 2.86. The van der Waals surface area contributed by atoms with E-state index in [9.17, 15) is 4.79 Å². The van der Waals surface area contributed by atoms with Crippen molar-refractivity contribution in [2.24, 2.45) is 0 Å². The molecule has 1 N–H and O–H groups in total. The summed E-state index contributed by atoms with van der Waals surface area (Å²) in [6, 6.07) is 15.6. The number of nitrogens with zero attached hydrogens (tertiary/aromatic N) is 1. The van der Waals surface area contributed by atoms with Crippen LogP contribution in [0.2, 0.25) is 0 Å². The molecule has 2 aliphatic rings. The van der Waals surface area contributed by atoms with Crippen LogP contribution < -0.4 is 19.7 Å². The molecular weight excluding hydrogens is 304 g/mol. The highest BCUT2D eigenvalue weighted by molar-refractivity contribution is 5.92. The molecule has 24 heavy (non-hydrogen) atoms. The Morgan fingerprint density at radius 3 is 3.00 bits per heavy atom. The standard InChI is InChI=1S/C19H20N2O3/c22-19(13-23-16-6-2-1-3-7-16)20-14-8-9-17-18(11-14)24-12-15-5-4-10-21(15)17/h1-3,6-9,11,15H,4-5,10,12-13H2,(H,20,22). The molecule has 0 bridgehead atoms. The summed E-state index contributed by atoms with van der Waals surface area (Å²) >= 11 is 0. The maximum absolute atomic E-state index is 12.0. The van der Waals surface area contributed by atoms with E-state index in [1.165, 1.54) is 12.8 Å². The van der Waals surface area contributed by atoms with Crippen molar-refractivity contribution in [1.82, 2.24) is 0 Å². The molecule has 0 saturated carbocycles. The number of hydrogen-bond donors (Lipinski definition) is 1. The Balaban J connectivity index is 1.39. The van der Waals surface area contributed by atoms with E-state index in [-0.39, 0.29) is 12.5 Å². The van der Waals surface area contributed by atoms with Crippen molar-refractivity contribution in [2.45, 2.75) is 18.9 Å². The molecule has 1 amide bonds. The first kappa shape index (κ1) is 14.9. The second-order valence-corrected chi connectivity index (χ2v) is 6.13. The Labute approximate surface area is 141 Å². The fraction of sp³-hybridized carbons (Fsp3) is 0.316. The molecule has 0 radical (unpaired) electrons. The minimum atomic E-state index is -0.186. The van der Waals surface area contributed by atoms with Gasteiger partial charge in [0.15, 0.2) is 6.61 Å². The molecule has 1 saturated heterocycles. The second kappa shape index (κ2) is 6.43. The van der Waals surface area contributed by atoms with E-state index in [2.05, 4.69) is 10.2 Å². The van der Waals surface area contributed by atoms with E-state index in [1.54, 1.807) is 0 Å². The van der Waals surface area contributed by atoms with Crippen molar-refractivity contribution < 1.29 is 14.3 Å². The number of para-hydroxylation sites is 1. The molecular formula is C19H20N2O3. The minimum Gasteiger partial charge on any atom is -0.489 e. The fourth-order valence-electron chi connectivity index (χ4n) is 3.32. The number of anilines is 2. The Morgan fingerprint density at radius 1 is 1.25 bits per heavy atom. The van der Waals surface area contributed by atoms with Gasteiger partial charge >= 0.3 is 0 Å². The molecule has 2 heterocycles. The average molecular weight is 324 g/mol. The van der Waals surface area contributed by atoms with Gasteiger partial charge in [-0.2, -0.15) is 0 Å². The van der Waals surface area contributed by atoms with Gasteiger partial charge in [-0.05, 0) is 37.1 Å². The summed E-state index contributed by atoms with van der Waals surface area (Å²) in [7, 11) is 0. The Morgan fingerprint density at radius 2 is 2.12 bits per heavy atom. The maximum Gasteiger partial charge on any atom is 0.262 e. The lowest BCUT2D eigenvalue weighted by Gasteiger charge is -2.33. The van der Waals surface area contributed by atoms with E-state index in [0.29, 0.717) is 11.8 Å². The zero-order valence-corrected chi connectivity index (χ0v) is 13.4. The lowest BCUT2D eigenvalue weighted by atomic mass is 10.1. The van der Waals surface area contributed by atoms with Crippen LogP contribution in [0.5, 0.6) is 11.5 Å². The number of carbonyl (C=O) groups is 1. The Bertz CT molecular complexity index is 733. The number of fused-ring (bicyclic) bond motifs is 3.